The van der Waals surface area contributed by atoms with Gasteiger partial charge in [-0.1, -0.05) is 30.3 Å². The van der Waals surface area contributed by atoms with E-state index in [0.29, 0.717) is 12.1 Å². The van der Waals surface area contributed by atoms with Crippen molar-refractivity contribution in [2.45, 2.75) is 0 Å². The van der Waals surface area contributed by atoms with Crippen LogP contribution in [0.15, 0.2) is 42.5 Å². The Hall–Kier alpha value is -4.65. The first-order valence-electron chi connectivity index (χ1n) is 11.6. The molecule has 0 saturated carbocycles. The van der Waals surface area contributed by atoms with E-state index in [1.165, 1.54) is 12.1 Å². The predicted octanol–water partition coefficient (Wildman–Crippen LogP) is 0.544. The maximum absolute atomic E-state index is 12.9. The van der Waals surface area contributed by atoms with Gasteiger partial charge in [-0.2, -0.15) is 0 Å². The van der Waals surface area contributed by atoms with Crippen LogP contribution in [0.2, 0.25) is 0 Å². The minimum atomic E-state index is -0.729. The van der Waals surface area contributed by atoms with Gasteiger partial charge in [0.1, 0.15) is 0 Å². The molecule has 0 unspecified atom stereocenters. The highest BCUT2D eigenvalue weighted by molar-refractivity contribution is 5.97. The Bertz CT molecular complexity index is 1110. The van der Waals surface area contributed by atoms with E-state index < -0.39 is 43.6 Å². The van der Waals surface area contributed by atoms with Gasteiger partial charge in [0, 0.05) is 24.2 Å². The summed E-state index contributed by atoms with van der Waals surface area (Å²) in [6, 6.07) is 11.3. The summed E-state index contributed by atoms with van der Waals surface area (Å²) in [5.74, 6) is -3.26. The van der Waals surface area contributed by atoms with E-state index in [1.54, 1.807) is 24.3 Å². The van der Waals surface area contributed by atoms with E-state index >= 15 is 0 Å². The predicted molar refractivity (Wildman–Crippen MR) is 135 cm³/mol. The van der Waals surface area contributed by atoms with Crippen LogP contribution in [-0.2, 0) is 28.6 Å². The fourth-order valence-corrected chi connectivity index (χ4v) is 2.94. The lowest BCUT2D eigenvalue weighted by molar-refractivity contribution is -0.144. The number of carbonyl (C=O) groups excluding carboxylic acids is 5. The third-order valence-electron chi connectivity index (χ3n) is 4.96. The normalized spacial score (nSPS) is 10.1. The van der Waals surface area contributed by atoms with Gasteiger partial charge in [0.2, 0.25) is 5.75 Å². The van der Waals surface area contributed by atoms with Crippen LogP contribution in [0.1, 0.15) is 20.7 Å². The molecular formula is C26H30N2O11. The number of nitrogens with one attached hydrogen (secondary N) is 2. The van der Waals surface area contributed by atoms with E-state index in [1.807, 2.05) is 6.07 Å². The van der Waals surface area contributed by atoms with Crippen molar-refractivity contribution in [3.05, 3.63) is 53.6 Å². The van der Waals surface area contributed by atoms with Gasteiger partial charge in [-0.3, -0.25) is 9.59 Å². The molecule has 1 amide bonds. The van der Waals surface area contributed by atoms with Gasteiger partial charge >= 0.3 is 17.9 Å². The van der Waals surface area contributed by atoms with Crippen molar-refractivity contribution in [3.8, 4) is 17.2 Å². The van der Waals surface area contributed by atoms with Crippen LogP contribution in [0, 0.1) is 0 Å². The summed E-state index contributed by atoms with van der Waals surface area (Å²) in [5.41, 5.74) is 0.600. The first kappa shape index (κ1) is 30.6. The molecule has 0 aromatic heterocycles. The summed E-state index contributed by atoms with van der Waals surface area (Å²) < 4.78 is 30.1. The molecule has 210 valence electrons. The highest BCUT2D eigenvalue weighted by Crippen LogP contribution is 2.39. The molecule has 13 nitrogen and oxygen atoms in total. The number of hydrogen-bond donors (Lipinski definition) is 2. The second-order valence-electron chi connectivity index (χ2n) is 7.62. The Morgan fingerprint density at radius 2 is 1.18 bits per heavy atom. The average molecular weight is 547 g/mol. The topological polar surface area (TPSA) is 165 Å². The smallest absolute Gasteiger partial charge is 0.343 e. The third kappa shape index (κ3) is 10.3. The highest BCUT2D eigenvalue weighted by Gasteiger charge is 2.22. The Labute approximate surface area is 224 Å². The molecule has 0 aliphatic carbocycles. The summed E-state index contributed by atoms with van der Waals surface area (Å²) in [4.78, 5) is 59.9. The summed E-state index contributed by atoms with van der Waals surface area (Å²) in [7, 11) is 3.49. The molecule has 0 atom stereocenters. The van der Waals surface area contributed by atoms with Crippen LogP contribution in [0.25, 0.3) is 0 Å². The molecule has 0 spiro atoms. The molecule has 13 heteroatoms. The number of Topliss-reactive ketones (excluding diaryl/α,β-unsaturated/α-hetero) is 1. The van der Waals surface area contributed by atoms with Gasteiger partial charge in [-0.25, -0.2) is 14.4 Å². The fourth-order valence-electron chi connectivity index (χ4n) is 2.94. The first-order valence-corrected chi connectivity index (χ1v) is 11.6. The SMILES string of the molecule is COC(=O)COc1cc(C(=O)NCCNCC(=O)c2ccccc2)cc(OCC(=O)OC)c1OCC(=O)OC. The molecule has 0 aliphatic rings. The summed E-state index contributed by atoms with van der Waals surface area (Å²) in [5, 5.41) is 5.63. The molecule has 2 N–H and O–H groups in total. The van der Waals surface area contributed by atoms with E-state index in [-0.39, 0.29) is 41.7 Å². The number of hydrogen-bond acceptors (Lipinski definition) is 12. The zero-order valence-corrected chi connectivity index (χ0v) is 21.8. The lowest BCUT2D eigenvalue weighted by Gasteiger charge is -2.17. The number of rotatable bonds is 16. The molecule has 2 aromatic carbocycles. The van der Waals surface area contributed by atoms with E-state index in [0.717, 1.165) is 21.3 Å². The summed E-state index contributed by atoms with van der Waals surface area (Å²) in [6.07, 6.45) is 0. The number of esters is 3. The van der Waals surface area contributed by atoms with Gasteiger partial charge in [0.15, 0.2) is 37.1 Å². The van der Waals surface area contributed by atoms with E-state index in [9.17, 15) is 24.0 Å². The van der Waals surface area contributed by atoms with Crippen molar-refractivity contribution in [1.29, 1.82) is 0 Å². The monoisotopic (exact) mass is 546 g/mol. The largest absolute Gasteiger partial charge is 0.478 e. The number of carbonyl (C=O) groups is 5. The number of ketones is 1. The van der Waals surface area contributed by atoms with Crippen LogP contribution in [0.5, 0.6) is 17.2 Å². The Morgan fingerprint density at radius 1 is 0.667 bits per heavy atom. The van der Waals surface area contributed by atoms with Gasteiger partial charge in [0.25, 0.3) is 5.91 Å². The molecule has 0 radical (unpaired) electrons. The lowest BCUT2D eigenvalue weighted by Crippen LogP contribution is -2.34. The van der Waals surface area contributed by atoms with Crippen LogP contribution in [0.3, 0.4) is 0 Å². The molecule has 2 aromatic rings. The van der Waals surface area contributed by atoms with Gasteiger partial charge in [-0.15, -0.1) is 0 Å². The number of benzene rings is 2. The maximum Gasteiger partial charge on any atom is 0.343 e. The fraction of sp³-hybridized carbons (Fsp3) is 0.346. The summed E-state index contributed by atoms with van der Waals surface area (Å²) in [6.45, 7) is -1.11. The van der Waals surface area contributed by atoms with Crippen LogP contribution in [-0.4, -0.2) is 90.4 Å². The molecule has 2 rings (SSSR count). The van der Waals surface area contributed by atoms with Crippen molar-refractivity contribution in [1.82, 2.24) is 10.6 Å². The molecule has 0 aliphatic heterocycles. The Balaban J connectivity index is 2.16. The number of ether oxygens (including phenoxy) is 6. The average Bonchev–Trinajstić information content (AvgIpc) is 2.97. The molecule has 39 heavy (non-hydrogen) atoms. The van der Waals surface area contributed by atoms with Crippen LogP contribution in [0.4, 0.5) is 0 Å². The highest BCUT2D eigenvalue weighted by atomic mass is 16.6. The maximum atomic E-state index is 12.9. The number of methoxy groups -OCH3 is 3. The van der Waals surface area contributed by atoms with Crippen molar-refractivity contribution in [2.24, 2.45) is 0 Å². The first-order chi connectivity index (χ1) is 18.8. The van der Waals surface area contributed by atoms with Crippen LogP contribution >= 0.6 is 0 Å². The minimum absolute atomic E-state index is 0.0283. The quantitative estimate of drug-likeness (QED) is 0.130. The lowest BCUT2D eigenvalue weighted by atomic mass is 10.1. The standard InChI is InChI=1S/C26H30N2O11/c1-34-22(30)14-37-20-11-18(12-21(38-15-23(31)35-2)25(20)39-16-24(32)36-3)26(33)28-10-9-27-13-19(29)17-7-5-4-6-8-17/h4-8,11-12,27H,9-10,13-16H2,1-3H3,(H,28,33). The number of amides is 1. The summed E-state index contributed by atoms with van der Waals surface area (Å²) >= 11 is 0. The molecule has 0 saturated heterocycles. The van der Waals surface area contributed by atoms with E-state index in [4.69, 9.17) is 14.2 Å². The van der Waals surface area contributed by atoms with Crippen LogP contribution < -0.4 is 24.8 Å². The molecule has 0 heterocycles. The Kier molecular flexibility index (Phi) is 12.7. The van der Waals surface area contributed by atoms with E-state index in [2.05, 4.69) is 24.8 Å². The van der Waals surface area contributed by atoms with Crippen molar-refractivity contribution < 1.29 is 52.4 Å². The van der Waals surface area contributed by atoms with Gasteiger partial charge in [-0.05, 0) is 12.1 Å². The van der Waals surface area contributed by atoms with Crippen molar-refractivity contribution in [2.75, 3.05) is 60.8 Å². The molecule has 0 fully saturated rings. The Morgan fingerprint density at radius 3 is 1.69 bits per heavy atom. The zero-order chi connectivity index (χ0) is 28.6. The van der Waals surface area contributed by atoms with Gasteiger partial charge in [0.05, 0.1) is 27.9 Å². The molecule has 0 bridgehead atoms. The van der Waals surface area contributed by atoms with Gasteiger partial charge < -0.3 is 39.1 Å². The second kappa shape index (κ2) is 16.2. The molecular weight excluding hydrogens is 516 g/mol. The van der Waals surface area contributed by atoms with Crippen molar-refractivity contribution >= 4 is 29.6 Å². The third-order valence-corrected chi connectivity index (χ3v) is 4.96. The second-order valence-corrected chi connectivity index (χ2v) is 7.62. The zero-order valence-electron chi connectivity index (χ0n) is 21.8. The van der Waals surface area contributed by atoms with Crippen molar-refractivity contribution in [3.63, 3.8) is 0 Å². The minimum Gasteiger partial charge on any atom is -0.478 e.